The van der Waals surface area contributed by atoms with Crippen molar-refractivity contribution in [3.8, 4) is 0 Å². The van der Waals surface area contributed by atoms with Gasteiger partial charge in [0.25, 0.3) is 0 Å². The molecule has 0 saturated heterocycles. The topological polar surface area (TPSA) is 12.0 Å². The Labute approximate surface area is 133 Å². The van der Waals surface area contributed by atoms with Crippen molar-refractivity contribution in [2.45, 2.75) is 31.2 Å². The lowest BCUT2D eigenvalue weighted by Crippen LogP contribution is -2.24. The summed E-state index contributed by atoms with van der Waals surface area (Å²) in [6, 6.07) is 16.1. The maximum atomic E-state index is 13.1. The van der Waals surface area contributed by atoms with Crippen molar-refractivity contribution >= 4 is 15.9 Å². The van der Waals surface area contributed by atoms with E-state index in [1.54, 1.807) is 12.1 Å². The highest BCUT2D eigenvalue weighted by Gasteiger charge is 2.22. The van der Waals surface area contributed by atoms with Gasteiger partial charge in [-0.25, -0.2) is 4.39 Å². The minimum Gasteiger partial charge on any atom is -0.313 e. The second kappa shape index (κ2) is 6.71. The highest BCUT2D eigenvalue weighted by atomic mass is 79.9. The monoisotopic (exact) mass is 347 g/mol. The van der Waals surface area contributed by atoms with E-state index in [1.807, 2.05) is 12.1 Å². The molecule has 1 nitrogen and oxygen atoms in total. The van der Waals surface area contributed by atoms with E-state index < -0.39 is 0 Å². The molecule has 110 valence electrons. The van der Waals surface area contributed by atoms with Gasteiger partial charge in [0, 0.05) is 23.0 Å². The largest absolute Gasteiger partial charge is 0.313 e. The van der Waals surface area contributed by atoms with Gasteiger partial charge in [0.2, 0.25) is 0 Å². The van der Waals surface area contributed by atoms with Gasteiger partial charge in [0.05, 0.1) is 0 Å². The summed E-state index contributed by atoms with van der Waals surface area (Å²) in [5, 5.41) is 3.60. The lowest BCUT2D eigenvalue weighted by Gasteiger charge is -2.18. The second-order valence-corrected chi connectivity index (χ2v) is 6.68. The van der Waals surface area contributed by atoms with E-state index >= 15 is 0 Å². The van der Waals surface area contributed by atoms with Crippen molar-refractivity contribution in [2.24, 2.45) is 0 Å². The first-order chi connectivity index (χ1) is 10.2. The number of rotatable bonds is 6. The summed E-state index contributed by atoms with van der Waals surface area (Å²) in [7, 11) is 0. The summed E-state index contributed by atoms with van der Waals surface area (Å²) in [6.07, 6.45) is 3.54. The van der Waals surface area contributed by atoms with Crippen LogP contribution in [0.5, 0.6) is 0 Å². The number of halogens is 2. The summed E-state index contributed by atoms with van der Waals surface area (Å²) in [5.41, 5.74) is 2.51. The molecule has 3 rings (SSSR count). The first-order valence-corrected chi connectivity index (χ1v) is 8.23. The van der Waals surface area contributed by atoms with E-state index in [0.29, 0.717) is 12.0 Å². The maximum absolute atomic E-state index is 13.1. The lowest BCUT2D eigenvalue weighted by atomic mass is 9.92. The molecular weight excluding hydrogens is 329 g/mol. The Morgan fingerprint density at radius 2 is 1.71 bits per heavy atom. The predicted octanol–water partition coefficient (Wildman–Crippen LogP) is 4.67. The van der Waals surface area contributed by atoms with Crippen LogP contribution in [0.1, 0.15) is 29.9 Å². The fraction of sp³-hybridized carbons (Fsp3) is 0.333. The minimum atomic E-state index is -0.170. The number of benzene rings is 2. The van der Waals surface area contributed by atoms with Crippen LogP contribution in [-0.2, 0) is 6.42 Å². The molecule has 0 heterocycles. The first kappa shape index (κ1) is 14.7. The van der Waals surface area contributed by atoms with Crippen molar-refractivity contribution in [3.63, 3.8) is 0 Å². The van der Waals surface area contributed by atoms with E-state index in [1.165, 1.54) is 24.0 Å². The zero-order chi connectivity index (χ0) is 14.7. The van der Waals surface area contributed by atoms with Gasteiger partial charge in [-0.15, -0.1) is 0 Å². The van der Waals surface area contributed by atoms with Gasteiger partial charge >= 0.3 is 0 Å². The van der Waals surface area contributed by atoms with Gasteiger partial charge in [-0.05, 0) is 54.7 Å². The van der Waals surface area contributed by atoms with Crippen molar-refractivity contribution < 1.29 is 4.39 Å². The molecule has 2 aromatic rings. The first-order valence-electron chi connectivity index (χ1n) is 7.44. The maximum Gasteiger partial charge on any atom is 0.123 e. The molecule has 0 spiro atoms. The molecule has 2 aromatic carbocycles. The Balaban J connectivity index is 1.73. The number of nitrogens with one attached hydrogen (secondary N) is 1. The van der Waals surface area contributed by atoms with Crippen LogP contribution >= 0.6 is 15.9 Å². The molecule has 0 aliphatic heterocycles. The molecule has 1 atom stereocenters. The molecule has 0 radical (unpaired) electrons. The summed E-state index contributed by atoms with van der Waals surface area (Å²) in [5.74, 6) is 0.212. The zero-order valence-electron chi connectivity index (χ0n) is 11.9. The van der Waals surface area contributed by atoms with Crippen molar-refractivity contribution in [1.82, 2.24) is 5.32 Å². The Morgan fingerprint density at radius 1 is 1.05 bits per heavy atom. The van der Waals surface area contributed by atoms with Gasteiger partial charge in [-0.1, -0.05) is 40.2 Å². The van der Waals surface area contributed by atoms with Crippen molar-refractivity contribution in [3.05, 3.63) is 69.9 Å². The van der Waals surface area contributed by atoms with E-state index in [2.05, 4.69) is 45.5 Å². The summed E-state index contributed by atoms with van der Waals surface area (Å²) >= 11 is 3.47. The normalized spacial score (nSPS) is 15.9. The van der Waals surface area contributed by atoms with Crippen LogP contribution in [0, 0.1) is 5.82 Å². The molecule has 0 bridgehead atoms. The third kappa shape index (κ3) is 4.39. The molecule has 0 amide bonds. The molecular formula is C18H19BrFN. The molecule has 3 heteroatoms. The summed E-state index contributed by atoms with van der Waals surface area (Å²) in [4.78, 5) is 0. The van der Waals surface area contributed by atoms with Crippen LogP contribution in [0.25, 0.3) is 0 Å². The third-order valence-corrected chi connectivity index (χ3v) is 4.50. The summed E-state index contributed by atoms with van der Waals surface area (Å²) < 4.78 is 14.2. The van der Waals surface area contributed by atoms with Crippen molar-refractivity contribution in [2.75, 3.05) is 6.54 Å². The fourth-order valence-corrected chi connectivity index (χ4v) is 2.81. The van der Waals surface area contributed by atoms with E-state index in [4.69, 9.17) is 0 Å². The van der Waals surface area contributed by atoms with Gasteiger partial charge in [-0.3, -0.25) is 0 Å². The summed E-state index contributed by atoms with van der Waals surface area (Å²) in [6.45, 7) is 0.951. The SMILES string of the molecule is Fc1ccc(C(CNC2CC2)Cc2ccc(Br)cc2)cc1. The molecule has 1 aliphatic carbocycles. The van der Waals surface area contributed by atoms with Crippen molar-refractivity contribution in [1.29, 1.82) is 0 Å². The van der Waals surface area contributed by atoms with Crippen LogP contribution in [0.2, 0.25) is 0 Å². The molecule has 1 saturated carbocycles. The number of hydrogen-bond acceptors (Lipinski definition) is 1. The molecule has 1 fully saturated rings. The predicted molar refractivity (Wildman–Crippen MR) is 88.0 cm³/mol. The van der Waals surface area contributed by atoms with Crippen LogP contribution in [-0.4, -0.2) is 12.6 Å². The fourth-order valence-electron chi connectivity index (χ4n) is 2.54. The average Bonchev–Trinajstić information content (AvgIpc) is 3.31. The third-order valence-electron chi connectivity index (χ3n) is 3.97. The molecule has 21 heavy (non-hydrogen) atoms. The molecule has 0 aromatic heterocycles. The van der Waals surface area contributed by atoms with Gasteiger partial charge in [0.1, 0.15) is 5.82 Å². The Kier molecular flexibility index (Phi) is 4.71. The van der Waals surface area contributed by atoms with Crippen LogP contribution in [0.4, 0.5) is 4.39 Å². The minimum absolute atomic E-state index is 0.170. The van der Waals surface area contributed by atoms with Crippen LogP contribution in [0.15, 0.2) is 53.0 Å². The second-order valence-electron chi connectivity index (χ2n) is 5.76. The highest BCUT2D eigenvalue weighted by molar-refractivity contribution is 9.10. The Hall–Kier alpha value is -1.19. The van der Waals surface area contributed by atoms with Gasteiger partial charge in [0.15, 0.2) is 0 Å². The molecule has 1 unspecified atom stereocenters. The van der Waals surface area contributed by atoms with E-state index in [-0.39, 0.29) is 5.82 Å². The van der Waals surface area contributed by atoms with E-state index in [0.717, 1.165) is 17.4 Å². The lowest BCUT2D eigenvalue weighted by molar-refractivity contribution is 0.574. The highest BCUT2D eigenvalue weighted by Crippen LogP contribution is 2.25. The quantitative estimate of drug-likeness (QED) is 0.800. The van der Waals surface area contributed by atoms with Gasteiger partial charge < -0.3 is 5.32 Å². The van der Waals surface area contributed by atoms with E-state index in [9.17, 15) is 4.39 Å². The molecule has 1 N–H and O–H groups in total. The Bertz CT molecular complexity index is 575. The van der Waals surface area contributed by atoms with Crippen LogP contribution in [0.3, 0.4) is 0 Å². The standard InChI is InChI=1S/C18H19BrFN/c19-16-5-1-13(2-6-16)11-15(12-21-18-9-10-18)14-3-7-17(20)8-4-14/h1-8,15,18,21H,9-12H2. The average molecular weight is 348 g/mol. The Morgan fingerprint density at radius 3 is 2.33 bits per heavy atom. The zero-order valence-corrected chi connectivity index (χ0v) is 13.4. The molecule has 1 aliphatic rings. The van der Waals surface area contributed by atoms with Crippen LogP contribution < -0.4 is 5.32 Å². The smallest absolute Gasteiger partial charge is 0.123 e. The van der Waals surface area contributed by atoms with Gasteiger partial charge in [-0.2, -0.15) is 0 Å². The number of hydrogen-bond donors (Lipinski definition) is 1.